The third-order valence-electron chi connectivity index (χ3n) is 7.81. The molecule has 8 nitrogen and oxygen atoms in total. The van der Waals surface area contributed by atoms with Gasteiger partial charge in [0.2, 0.25) is 5.95 Å². The van der Waals surface area contributed by atoms with Gasteiger partial charge in [0.15, 0.2) is 0 Å². The van der Waals surface area contributed by atoms with E-state index < -0.39 is 8.07 Å². The van der Waals surface area contributed by atoms with Gasteiger partial charge in [-0.15, -0.1) is 0 Å². The first-order chi connectivity index (χ1) is 19.8. The summed E-state index contributed by atoms with van der Waals surface area (Å²) in [5.74, 6) is 0.841. The minimum atomic E-state index is -1.19. The lowest BCUT2D eigenvalue weighted by atomic mass is 10.00. The highest BCUT2D eigenvalue weighted by molar-refractivity contribution is 7.16. The smallest absolute Gasteiger partial charge is 0.310 e. The second kappa shape index (κ2) is 11.5. The predicted molar refractivity (Wildman–Crippen MR) is 170 cm³/mol. The summed E-state index contributed by atoms with van der Waals surface area (Å²) in [6, 6.07) is 19.6. The number of nitrogens with zero attached hydrogens (tertiary/aromatic N) is 5. The zero-order valence-corrected chi connectivity index (χ0v) is 26.0. The minimum absolute atomic E-state index is 0.000696. The first kappa shape index (κ1) is 27.8. The average molecular weight is 588 g/mol. The monoisotopic (exact) mass is 587 g/mol. The summed E-state index contributed by atoms with van der Waals surface area (Å²) in [5, 5.41) is 5.15. The fourth-order valence-corrected chi connectivity index (χ4v) is 7.11. The Kier molecular flexibility index (Phi) is 7.82. The number of hydrogen-bond acceptors (Lipinski definition) is 7. The molecule has 4 heterocycles. The number of thiazole rings is 1. The third-order valence-corrected chi connectivity index (χ3v) is 10.5. The Morgan fingerprint density at radius 2 is 1.78 bits per heavy atom. The topological polar surface area (TPSA) is 73.9 Å². The Labute approximate surface area is 245 Å². The molecule has 3 aromatic heterocycles. The molecular formula is C31H37N5O3SSi. The lowest BCUT2D eigenvalue weighted by molar-refractivity contribution is 0.0816. The third kappa shape index (κ3) is 5.74. The second-order valence-corrected chi connectivity index (χ2v) is 18.5. The molecular weight excluding hydrogens is 551 g/mol. The number of fused-ring (bicyclic) bond motifs is 2. The van der Waals surface area contributed by atoms with Crippen LogP contribution in [0.4, 0.5) is 5.95 Å². The average Bonchev–Trinajstić information content (AvgIpc) is 3.52. The van der Waals surface area contributed by atoms with E-state index in [0.717, 1.165) is 76.0 Å². The van der Waals surface area contributed by atoms with E-state index >= 15 is 0 Å². The number of methoxy groups -OCH3 is 1. The van der Waals surface area contributed by atoms with Gasteiger partial charge in [-0.2, -0.15) is 9.61 Å². The molecule has 1 fully saturated rings. The Morgan fingerprint density at radius 3 is 2.51 bits per heavy atom. The van der Waals surface area contributed by atoms with Crippen LogP contribution in [-0.4, -0.2) is 60.1 Å². The number of rotatable bonds is 9. The second-order valence-electron chi connectivity index (χ2n) is 11.9. The standard InChI is InChI=1S/C31H37N5O3SSi/c1-38-24-13-16-34(17-14-24)30-32-15-12-26-28(29(33-36(26)30)22-8-6-5-7-9-22)23-10-11-25-27(20-23)40-31(37)35(25)21-39-18-19-41(2,3)4/h5-12,15,20,24H,13-14,16-19,21H2,1-4H3. The van der Waals surface area contributed by atoms with E-state index in [1.54, 1.807) is 11.7 Å². The van der Waals surface area contributed by atoms with Crippen molar-refractivity contribution in [2.75, 3.05) is 31.7 Å². The first-order valence-corrected chi connectivity index (χ1v) is 18.8. The summed E-state index contributed by atoms with van der Waals surface area (Å²) in [4.78, 5) is 20.0. The van der Waals surface area contributed by atoms with Crippen molar-refractivity contribution in [1.82, 2.24) is 19.2 Å². The molecule has 0 atom stereocenters. The molecule has 2 aromatic carbocycles. The fraction of sp³-hybridized carbons (Fsp3) is 0.387. The Bertz CT molecular complexity index is 1720. The summed E-state index contributed by atoms with van der Waals surface area (Å²) in [5.41, 5.74) is 5.88. The fourth-order valence-electron chi connectivity index (χ4n) is 5.43. The molecule has 5 aromatic rings. The summed E-state index contributed by atoms with van der Waals surface area (Å²) in [6.07, 6.45) is 4.08. The van der Waals surface area contributed by atoms with E-state index in [4.69, 9.17) is 19.6 Å². The number of ether oxygens (including phenoxy) is 2. The van der Waals surface area contributed by atoms with Gasteiger partial charge in [-0.1, -0.05) is 67.4 Å². The number of hydrogen-bond donors (Lipinski definition) is 0. The number of piperidine rings is 1. The van der Waals surface area contributed by atoms with Crippen LogP contribution in [0, 0.1) is 0 Å². The molecule has 41 heavy (non-hydrogen) atoms. The van der Waals surface area contributed by atoms with Gasteiger partial charge in [-0.05, 0) is 42.6 Å². The maximum Gasteiger partial charge on any atom is 0.310 e. The van der Waals surface area contributed by atoms with E-state index in [9.17, 15) is 4.79 Å². The van der Waals surface area contributed by atoms with Gasteiger partial charge in [0.1, 0.15) is 12.4 Å². The van der Waals surface area contributed by atoms with Crippen molar-refractivity contribution in [2.24, 2.45) is 0 Å². The maximum absolute atomic E-state index is 13.0. The zero-order valence-electron chi connectivity index (χ0n) is 24.2. The van der Waals surface area contributed by atoms with E-state index in [2.05, 4.69) is 48.8 Å². The van der Waals surface area contributed by atoms with Crippen LogP contribution in [0.5, 0.6) is 0 Å². The van der Waals surface area contributed by atoms with Crippen molar-refractivity contribution in [1.29, 1.82) is 0 Å². The summed E-state index contributed by atoms with van der Waals surface area (Å²) < 4.78 is 16.2. The highest BCUT2D eigenvalue weighted by Crippen LogP contribution is 2.38. The van der Waals surface area contributed by atoms with Gasteiger partial charge in [0, 0.05) is 52.2 Å². The minimum Gasteiger partial charge on any atom is -0.381 e. The van der Waals surface area contributed by atoms with Crippen LogP contribution in [0.2, 0.25) is 25.7 Å². The summed E-state index contributed by atoms with van der Waals surface area (Å²) in [6.45, 7) is 9.69. The van der Waals surface area contributed by atoms with Gasteiger partial charge in [-0.3, -0.25) is 9.36 Å². The molecule has 0 bridgehead atoms. The molecule has 10 heteroatoms. The van der Waals surface area contributed by atoms with Crippen LogP contribution in [0.15, 0.2) is 65.6 Å². The quantitative estimate of drug-likeness (QED) is 0.147. The summed E-state index contributed by atoms with van der Waals surface area (Å²) in [7, 11) is 0.594. The SMILES string of the molecule is COC1CCN(c2nccc3c(-c4ccc5c(c4)sc(=O)n5COCC[Si](C)(C)C)c(-c4ccccc4)nn23)CC1. The molecule has 6 rings (SSSR count). The lowest BCUT2D eigenvalue weighted by Gasteiger charge is -2.31. The van der Waals surface area contributed by atoms with Gasteiger partial charge in [0.05, 0.1) is 21.8 Å². The van der Waals surface area contributed by atoms with Crippen LogP contribution in [0.1, 0.15) is 12.8 Å². The van der Waals surface area contributed by atoms with Crippen LogP contribution < -0.4 is 9.77 Å². The molecule has 1 aliphatic rings. The van der Waals surface area contributed by atoms with Crippen molar-refractivity contribution in [3.63, 3.8) is 0 Å². The number of benzene rings is 2. The molecule has 0 amide bonds. The highest BCUT2D eigenvalue weighted by atomic mass is 32.1. The maximum atomic E-state index is 13.0. The number of aromatic nitrogens is 4. The first-order valence-electron chi connectivity index (χ1n) is 14.2. The van der Waals surface area contributed by atoms with Crippen LogP contribution >= 0.6 is 11.3 Å². The van der Waals surface area contributed by atoms with Crippen molar-refractivity contribution in [2.45, 2.75) is 51.4 Å². The van der Waals surface area contributed by atoms with Crippen molar-refractivity contribution >= 4 is 41.1 Å². The van der Waals surface area contributed by atoms with Gasteiger partial charge in [-0.25, -0.2) is 4.98 Å². The molecule has 0 unspecified atom stereocenters. The molecule has 0 N–H and O–H groups in total. The van der Waals surface area contributed by atoms with Gasteiger partial charge >= 0.3 is 4.87 Å². The van der Waals surface area contributed by atoms with E-state index in [1.165, 1.54) is 11.3 Å². The van der Waals surface area contributed by atoms with Crippen molar-refractivity contribution < 1.29 is 9.47 Å². The largest absolute Gasteiger partial charge is 0.381 e. The van der Waals surface area contributed by atoms with Crippen LogP contribution in [-0.2, 0) is 16.2 Å². The Hall–Kier alpha value is -3.31. The molecule has 1 saturated heterocycles. The van der Waals surface area contributed by atoms with Crippen LogP contribution in [0.25, 0.3) is 38.1 Å². The van der Waals surface area contributed by atoms with E-state index in [0.29, 0.717) is 6.61 Å². The van der Waals surface area contributed by atoms with E-state index in [-0.39, 0.29) is 17.7 Å². The van der Waals surface area contributed by atoms with Crippen LogP contribution in [0.3, 0.4) is 0 Å². The predicted octanol–water partition coefficient (Wildman–Crippen LogP) is 6.37. The molecule has 1 aliphatic heterocycles. The molecule has 0 radical (unpaired) electrons. The summed E-state index contributed by atoms with van der Waals surface area (Å²) >= 11 is 1.27. The number of anilines is 1. The molecule has 0 spiro atoms. The highest BCUT2D eigenvalue weighted by Gasteiger charge is 2.25. The van der Waals surface area contributed by atoms with Crippen molar-refractivity contribution in [3.05, 3.63) is 70.5 Å². The molecule has 0 saturated carbocycles. The lowest BCUT2D eigenvalue weighted by Crippen LogP contribution is -2.38. The normalized spacial score (nSPS) is 14.9. The molecule has 214 valence electrons. The van der Waals surface area contributed by atoms with Gasteiger partial charge < -0.3 is 14.4 Å². The zero-order chi connectivity index (χ0) is 28.6. The van der Waals surface area contributed by atoms with E-state index in [1.807, 2.05) is 41.0 Å². The molecule has 0 aliphatic carbocycles. The Morgan fingerprint density at radius 1 is 1.00 bits per heavy atom. The Balaban J connectivity index is 1.41. The van der Waals surface area contributed by atoms with Crippen molar-refractivity contribution in [3.8, 4) is 22.4 Å². The van der Waals surface area contributed by atoms with Gasteiger partial charge in [0.25, 0.3) is 0 Å².